The highest BCUT2D eigenvalue weighted by Gasteiger charge is 2.42. The molecule has 124 valence electrons. The van der Waals surface area contributed by atoms with E-state index in [1.807, 2.05) is 27.7 Å². The lowest BCUT2D eigenvalue weighted by Crippen LogP contribution is -2.48. The van der Waals surface area contributed by atoms with Gasteiger partial charge in [-0.05, 0) is 18.3 Å². The van der Waals surface area contributed by atoms with Crippen LogP contribution in [0, 0.1) is 11.3 Å². The van der Waals surface area contributed by atoms with Gasteiger partial charge in [0, 0.05) is 6.54 Å². The third-order valence-electron chi connectivity index (χ3n) is 3.65. The monoisotopic (exact) mass is 321 g/mol. The quantitative estimate of drug-likeness (QED) is 0.769. The van der Waals surface area contributed by atoms with Crippen molar-refractivity contribution in [3.8, 4) is 0 Å². The third-order valence-corrected chi connectivity index (χ3v) is 5.54. The van der Waals surface area contributed by atoms with Gasteiger partial charge in [-0.3, -0.25) is 4.79 Å². The van der Waals surface area contributed by atoms with Crippen LogP contribution in [0.25, 0.3) is 0 Å². The summed E-state index contributed by atoms with van der Waals surface area (Å²) in [6.45, 7) is 8.44. The van der Waals surface area contributed by atoms with Gasteiger partial charge < -0.3 is 9.84 Å². The lowest BCUT2D eigenvalue weighted by molar-refractivity contribution is -0.142. The molecule has 0 spiro atoms. The molecule has 0 bridgehead atoms. The summed E-state index contributed by atoms with van der Waals surface area (Å²) in [4.78, 5) is 11.3. The maximum Gasteiger partial charge on any atom is 0.310 e. The zero-order valence-corrected chi connectivity index (χ0v) is 14.1. The van der Waals surface area contributed by atoms with Crippen LogP contribution in [0.15, 0.2) is 0 Å². The molecule has 0 saturated carbocycles. The van der Waals surface area contributed by atoms with E-state index >= 15 is 0 Å². The first kappa shape index (κ1) is 18.4. The summed E-state index contributed by atoms with van der Waals surface area (Å²) in [5, 5.41) is 9.22. The predicted octanol–water partition coefficient (Wildman–Crippen LogP) is 1.56. The van der Waals surface area contributed by atoms with Crippen molar-refractivity contribution in [3.05, 3.63) is 0 Å². The standard InChI is InChI=1S/C14H27NO5S/c1-5-7-15(12-10-20-9-11(12)13(16)17)21(18,19)8-6-14(2,3)4/h11-12H,5-10H2,1-4H3,(H,16,17). The van der Waals surface area contributed by atoms with E-state index < -0.39 is 28.0 Å². The van der Waals surface area contributed by atoms with Crippen molar-refractivity contribution < 1.29 is 23.1 Å². The molecule has 1 rings (SSSR count). The Morgan fingerprint density at radius 1 is 1.33 bits per heavy atom. The first-order chi connectivity index (χ1) is 9.58. The van der Waals surface area contributed by atoms with E-state index in [0.29, 0.717) is 19.4 Å². The second kappa shape index (κ2) is 7.07. The summed E-state index contributed by atoms with van der Waals surface area (Å²) in [5.41, 5.74) is -0.0800. The maximum absolute atomic E-state index is 12.6. The molecule has 0 aromatic rings. The highest BCUT2D eigenvalue weighted by molar-refractivity contribution is 7.89. The fourth-order valence-electron chi connectivity index (χ4n) is 2.35. The normalized spacial score (nSPS) is 23.7. The van der Waals surface area contributed by atoms with Gasteiger partial charge in [-0.2, -0.15) is 4.31 Å². The number of carboxylic acid groups (broad SMARTS) is 1. The molecular formula is C14H27NO5S. The molecule has 0 aliphatic carbocycles. The van der Waals surface area contributed by atoms with Crippen molar-refractivity contribution in [3.63, 3.8) is 0 Å². The molecule has 7 heteroatoms. The highest BCUT2D eigenvalue weighted by atomic mass is 32.2. The number of carboxylic acids is 1. The van der Waals surface area contributed by atoms with Crippen LogP contribution in [0.2, 0.25) is 0 Å². The number of rotatable bonds is 7. The Morgan fingerprint density at radius 2 is 1.95 bits per heavy atom. The summed E-state index contributed by atoms with van der Waals surface area (Å²) < 4.78 is 31.8. The molecule has 0 amide bonds. The van der Waals surface area contributed by atoms with Crippen LogP contribution < -0.4 is 0 Å². The van der Waals surface area contributed by atoms with Crippen molar-refractivity contribution in [2.45, 2.75) is 46.6 Å². The van der Waals surface area contributed by atoms with Crippen LogP contribution in [-0.4, -0.2) is 55.4 Å². The molecule has 0 aromatic carbocycles. The van der Waals surface area contributed by atoms with Gasteiger partial charge in [0.15, 0.2) is 0 Å². The fourth-order valence-corrected chi connectivity index (χ4v) is 4.53. The third kappa shape index (κ3) is 5.23. The summed E-state index contributed by atoms with van der Waals surface area (Å²) in [5.74, 6) is -1.73. The number of nitrogens with zero attached hydrogens (tertiary/aromatic N) is 1. The van der Waals surface area contributed by atoms with E-state index in [1.54, 1.807) is 0 Å². The molecule has 0 radical (unpaired) electrons. The largest absolute Gasteiger partial charge is 0.481 e. The Hall–Kier alpha value is -0.660. The summed E-state index contributed by atoms with van der Waals surface area (Å²) >= 11 is 0. The Balaban J connectivity index is 2.92. The molecule has 2 atom stereocenters. The first-order valence-corrected chi connectivity index (χ1v) is 8.99. The minimum atomic E-state index is -3.48. The van der Waals surface area contributed by atoms with E-state index in [0.717, 1.165) is 0 Å². The Labute approximate surface area is 127 Å². The molecule has 1 aliphatic heterocycles. The minimum Gasteiger partial charge on any atom is -0.481 e. The van der Waals surface area contributed by atoms with Gasteiger partial charge in [0.1, 0.15) is 0 Å². The van der Waals surface area contributed by atoms with Gasteiger partial charge in [-0.15, -0.1) is 0 Å². The zero-order chi connectivity index (χ0) is 16.3. The molecule has 1 aliphatic rings. The fraction of sp³-hybridized carbons (Fsp3) is 0.929. The molecule has 6 nitrogen and oxygen atoms in total. The molecule has 1 N–H and O–H groups in total. The molecule has 21 heavy (non-hydrogen) atoms. The van der Waals surface area contributed by atoms with E-state index in [9.17, 15) is 18.3 Å². The van der Waals surface area contributed by atoms with Crippen molar-refractivity contribution >= 4 is 16.0 Å². The van der Waals surface area contributed by atoms with Gasteiger partial charge in [0.05, 0.1) is 30.9 Å². The molecule has 0 aromatic heterocycles. The summed E-state index contributed by atoms with van der Waals surface area (Å²) in [6.07, 6.45) is 1.19. The van der Waals surface area contributed by atoms with Crippen LogP contribution in [0.5, 0.6) is 0 Å². The van der Waals surface area contributed by atoms with Gasteiger partial charge >= 0.3 is 5.97 Å². The predicted molar refractivity (Wildman–Crippen MR) is 80.6 cm³/mol. The smallest absolute Gasteiger partial charge is 0.310 e. The lowest BCUT2D eigenvalue weighted by atomic mass is 9.94. The van der Waals surface area contributed by atoms with Crippen molar-refractivity contribution in [2.24, 2.45) is 11.3 Å². The molecule has 1 fully saturated rings. The number of carbonyl (C=O) groups is 1. The van der Waals surface area contributed by atoms with Gasteiger partial charge in [-0.25, -0.2) is 8.42 Å². The molecule has 2 unspecified atom stereocenters. The van der Waals surface area contributed by atoms with Crippen LogP contribution >= 0.6 is 0 Å². The van der Waals surface area contributed by atoms with Crippen LogP contribution in [-0.2, 0) is 19.6 Å². The van der Waals surface area contributed by atoms with Crippen LogP contribution in [0.3, 0.4) is 0 Å². The Morgan fingerprint density at radius 3 is 2.43 bits per heavy atom. The number of aliphatic carboxylic acids is 1. The van der Waals surface area contributed by atoms with Gasteiger partial charge in [-0.1, -0.05) is 27.7 Å². The van der Waals surface area contributed by atoms with Crippen molar-refractivity contribution in [1.29, 1.82) is 0 Å². The highest BCUT2D eigenvalue weighted by Crippen LogP contribution is 2.26. The number of hydrogen-bond acceptors (Lipinski definition) is 4. The second-order valence-corrected chi connectivity index (χ2v) is 8.83. The SMILES string of the molecule is CCCN(C1COCC1C(=O)O)S(=O)(=O)CCC(C)(C)C. The second-order valence-electron chi connectivity index (χ2n) is 6.79. The summed E-state index contributed by atoms with van der Waals surface area (Å²) in [6, 6.07) is -0.590. The number of sulfonamides is 1. The molecule has 1 saturated heterocycles. The average Bonchev–Trinajstić information content (AvgIpc) is 2.81. The average molecular weight is 321 g/mol. The van der Waals surface area contributed by atoms with Gasteiger partial charge in [0.25, 0.3) is 0 Å². The van der Waals surface area contributed by atoms with E-state index in [-0.39, 0.29) is 24.4 Å². The van der Waals surface area contributed by atoms with E-state index in [1.165, 1.54) is 4.31 Å². The Bertz CT molecular complexity index is 454. The molecule has 1 heterocycles. The van der Waals surface area contributed by atoms with Gasteiger partial charge in [0.2, 0.25) is 10.0 Å². The van der Waals surface area contributed by atoms with E-state index in [2.05, 4.69) is 0 Å². The first-order valence-electron chi connectivity index (χ1n) is 7.38. The maximum atomic E-state index is 12.6. The lowest BCUT2D eigenvalue weighted by Gasteiger charge is -2.30. The van der Waals surface area contributed by atoms with Crippen LogP contribution in [0.4, 0.5) is 0 Å². The summed E-state index contributed by atoms with van der Waals surface area (Å²) in [7, 11) is -3.48. The van der Waals surface area contributed by atoms with Crippen LogP contribution in [0.1, 0.15) is 40.5 Å². The topological polar surface area (TPSA) is 83.9 Å². The molecular weight excluding hydrogens is 294 g/mol. The number of hydrogen-bond donors (Lipinski definition) is 1. The number of ether oxygens (including phenoxy) is 1. The van der Waals surface area contributed by atoms with Crippen molar-refractivity contribution in [2.75, 3.05) is 25.5 Å². The minimum absolute atomic E-state index is 0.0410. The van der Waals surface area contributed by atoms with E-state index in [4.69, 9.17) is 4.74 Å². The van der Waals surface area contributed by atoms with Crippen molar-refractivity contribution in [1.82, 2.24) is 4.31 Å². The Kier molecular flexibility index (Phi) is 6.19. The zero-order valence-electron chi connectivity index (χ0n) is 13.3.